The molecule has 0 atom stereocenters. The Hall–Kier alpha value is -2.60. The van der Waals surface area contributed by atoms with E-state index < -0.39 is 0 Å². The Morgan fingerprint density at radius 1 is 1.00 bits per heavy atom. The Kier molecular flexibility index (Phi) is 6.65. The molecule has 0 spiro atoms. The molecule has 0 N–H and O–H groups in total. The van der Waals surface area contributed by atoms with E-state index in [-0.39, 0.29) is 0 Å². The normalized spacial score (nSPS) is 11.2. The van der Waals surface area contributed by atoms with Gasteiger partial charge in [0, 0.05) is 24.5 Å². The summed E-state index contributed by atoms with van der Waals surface area (Å²) in [6, 6.07) is 18.8. The predicted molar refractivity (Wildman–Crippen MR) is 114 cm³/mol. The molecule has 0 saturated heterocycles. The highest BCUT2D eigenvalue weighted by atomic mass is 32.2. The van der Waals surface area contributed by atoms with E-state index in [1.807, 2.05) is 31.3 Å². The Morgan fingerprint density at radius 3 is 2.37 bits per heavy atom. The van der Waals surface area contributed by atoms with Gasteiger partial charge in [-0.3, -0.25) is 0 Å². The molecule has 0 aliphatic carbocycles. The highest BCUT2D eigenvalue weighted by molar-refractivity contribution is 7.98. The lowest BCUT2D eigenvalue weighted by atomic mass is 10.2. The van der Waals surface area contributed by atoms with Gasteiger partial charge in [0.1, 0.15) is 0 Å². The number of aromatic nitrogens is 3. The van der Waals surface area contributed by atoms with Crippen LogP contribution < -0.4 is 4.90 Å². The molecule has 1 aromatic heterocycles. The standard InChI is InChI=1S/C21H25N5S/c1-4-25(5-2)20-13-11-18(12-14-20)15-22-26-17(3)23-24-21(26)27-16-19-9-7-6-8-10-19/h6-15H,4-5,16H2,1-3H3/b22-15-. The lowest BCUT2D eigenvalue weighted by molar-refractivity contribution is 0.744. The third kappa shape index (κ3) is 4.98. The highest BCUT2D eigenvalue weighted by Gasteiger charge is 2.08. The van der Waals surface area contributed by atoms with Gasteiger partial charge >= 0.3 is 0 Å². The van der Waals surface area contributed by atoms with Crippen LogP contribution in [-0.4, -0.2) is 34.2 Å². The summed E-state index contributed by atoms with van der Waals surface area (Å²) in [7, 11) is 0. The van der Waals surface area contributed by atoms with Gasteiger partial charge < -0.3 is 4.90 Å². The molecule has 0 saturated carbocycles. The smallest absolute Gasteiger partial charge is 0.212 e. The van der Waals surface area contributed by atoms with E-state index in [1.54, 1.807) is 16.4 Å². The maximum Gasteiger partial charge on any atom is 0.212 e. The molecule has 2 aromatic carbocycles. The summed E-state index contributed by atoms with van der Waals surface area (Å²) in [5.74, 6) is 1.62. The maximum absolute atomic E-state index is 4.60. The zero-order valence-electron chi connectivity index (χ0n) is 16.0. The van der Waals surface area contributed by atoms with E-state index in [2.05, 4.69) is 70.4 Å². The average molecular weight is 380 g/mol. The first-order valence-electron chi connectivity index (χ1n) is 9.19. The Balaban J connectivity index is 1.70. The quantitative estimate of drug-likeness (QED) is 0.424. The van der Waals surface area contributed by atoms with E-state index in [1.165, 1.54) is 11.3 Å². The summed E-state index contributed by atoms with van der Waals surface area (Å²) >= 11 is 1.64. The maximum atomic E-state index is 4.60. The number of aryl methyl sites for hydroxylation is 1. The highest BCUT2D eigenvalue weighted by Crippen LogP contribution is 2.21. The Bertz CT molecular complexity index is 867. The molecule has 3 aromatic rings. The third-order valence-corrected chi connectivity index (χ3v) is 5.31. The number of thioether (sulfide) groups is 1. The van der Waals surface area contributed by atoms with Crippen LogP contribution in [0.4, 0.5) is 5.69 Å². The molecule has 0 amide bonds. The summed E-state index contributed by atoms with van der Waals surface area (Å²) in [4.78, 5) is 2.32. The lowest BCUT2D eigenvalue weighted by Gasteiger charge is -2.20. The molecule has 3 rings (SSSR count). The van der Waals surface area contributed by atoms with Crippen LogP contribution in [0.15, 0.2) is 64.9 Å². The van der Waals surface area contributed by atoms with Gasteiger partial charge in [-0.05, 0) is 44.0 Å². The van der Waals surface area contributed by atoms with Crippen LogP contribution in [0.25, 0.3) is 0 Å². The van der Waals surface area contributed by atoms with Crippen molar-refractivity contribution in [3.63, 3.8) is 0 Å². The second-order valence-electron chi connectivity index (χ2n) is 6.12. The zero-order chi connectivity index (χ0) is 19.1. The second-order valence-corrected chi connectivity index (χ2v) is 7.07. The molecule has 0 radical (unpaired) electrons. The van der Waals surface area contributed by atoms with Gasteiger partial charge in [0.05, 0.1) is 6.21 Å². The van der Waals surface area contributed by atoms with Crippen LogP contribution >= 0.6 is 11.8 Å². The molecule has 0 aliphatic heterocycles. The van der Waals surface area contributed by atoms with Gasteiger partial charge in [-0.1, -0.05) is 54.2 Å². The van der Waals surface area contributed by atoms with Crippen LogP contribution in [0, 0.1) is 6.92 Å². The Labute approximate surface area is 165 Å². The predicted octanol–water partition coefficient (Wildman–Crippen LogP) is 4.61. The molecule has 0 unspecified atom stereocenters. The van der Waals surface area contributed by atoms with Crippen molar-refractivity contribution in [2.75, 3.05) is 18.0 Å². The summed E-state index contributed by atoms with van der Waals surface area (Å²) in [6.45, 7) is 8.27. The summed E-state index contributed by atoms with van der Waals surface area (Å²) in [5.41, 5.74) is 3.54. The van der Waals surface area contributed by atoms with E-state index >= 15 is 0 Å². The van der Waals surface area contributed by atoms with Gasteiger partial charge in [0.2, 0.25) is 5.16 Å². The topological polar surface area (TPSA) is 46.3 Å². The van der Waals surface area contributed by atoms with Crippen LogP contribution in [0.2, 0.25) is 0 Å². The first-order chi connectivity index (χ1) is 13.2. The number of benzene rings is 2. The molecule has 140 valence electrons. The van der Waals surface area contributed by atoms with Crippen molar-refractivity contribution in [3.8, 4) is 0 Å². The zero-order valence-corrected chi connectivity index (χ0v) is 16.9. The number of rotatable bonds is 8. The minimum atomic E-state index is 0.779. The van der Waals surface area contributed by atoms with E-state index in [4.69, 9.17) is 0 Å². The molecular weight excluding hydrogens is 354 g/mol. The van der Waals surface area contributed by atoms with E-state index in [9.17, 15) is 0 Å². The van der Waals surface area contributed by atoms with Crippen molar-refractivity contribution in [2.24, 2.45) is 5.10 Å². The first kappa shape index (κ1) is 19.2. The molecular formula is C21H25N5S. The number of hydrogen-bond donors (Lipinski definition) is 0. The van der Waals surface area contributed by atoms with Crippen LogP contribution in [0.3, 0.4) is 0 Å². The van der Waals surface area contributed by atoms with Gasteiger partial charge in [-0.2, -0.15) is 9.78 Å². The van der Waals surface area contributed by atoms with Crippen LogP contribution in [0.1, 0.15) is 30.8 Å². The van der Waals surface area contributed by atoms with Crippen LogP contribution in [0.5, 0.6) is 0 Å². The number of hydrogen-bond acceptors (Lipinski definition) is 5. The van der Waals surface area contributed by atoms with Gasteiger partial charge in [0.25, 0.3) is 0 Å². The van der Waals surface area contributed by atoms with Gasteiger partial charge in [-0.25, -0.2) is 0 Å². The van der Waals surface area contributed by atoms with E-state index in [0.29, 0.717) is 0 Å². The monoisotopic (exact) mass is 379 g/mol. The number of nitrogens with zero attached hydrogens (tertiary/aromatic N) is 5. The fourth-order valence-electron chi connectivity index (χ4n) is 2.77. The van der Waals surface area contributed by atoms with Crippen molar-refractivity contribution in [1.82, 2.24) is 14.9 Å². The summed E-state index contributed by atoms with van der Waals surface area (Å²) in [6.07, 6.45) is 1.86. The van der Waals surface area contributed by atoms with Crippen molar-refractivity contribution in [1.29, 1.82) is 0 Å². The summed E-state index contributed by atoms with van der Waals surface area (Å²) in [5, 5.41) is 13.8. The van der Waals surface area contributed by atoms with Crippen LogP contribution in [-0.2, 0) is 5.75 Å². The van der Waals surface area contributed by atoms with Crippen molar-refractivity contribution in [3.05, 3.63) is 71.5 Å². The van der Waals surface area contributed by atoms with Gasteiger partial charge in [-0.15, -0.1) is 10.2 Å². The molecule has 0 bridgehead atoms. The van der Waals surface area contributed by atoms with Crippen molar-refractivity contribution in [2.45, 2.75) is 31.7 Å². The molecule has 6 heteroatoms. The minimum Gasteiger partial charge on any atom is -0.372 e. The summed E-state index contributed by atoms with van der Waals surface area (Å²) < 4.78 is 1.80. The first-order valence-corrected chi connectivity index (χ1v) is 10.2. The molecule has 27 heavy (non-hydrogen) atoms. The molecule has 0 fully saturated rings. The van der Waals surface area contributed by atoms with Crippen molar-refractivity contribution >= 4 is 23.7 Å². The second kappa shape index (κ2) is 9.37. The molecule has 5 nitrogen and oxygen atoms in total. The minimum absolute atomic E-state index is 0.779. The molecule has 1 heterocycles. The largest absolute Gasteiger partial charge is 0.372 e. The fraction of sp³-hybridized carbons (Fsp3) is 0.286. The van der Waals surface area contributed by atoms with Gasteiger partial charge in [0.15, 0.2) is 5.82 Å². The third-order valence-electron chi connectivity index (χ3n) is 4.32. The lowest BCUT2D eigenvalue weighted by Crippen LogP contribution is -2.21. The Morgan fingerprint density at radius 2 is 1.70 bits per heavy atom. The van der Waals surface area contributed by atoms with Crippen molar-refractivity contribution < 1.29 is 0 Å². The SMILES string of the molecule is CCN(CC)c1ccc(/C=N\n2c(C)nnc2SCc2ccccc2)cc1. The number of anilines is 1. The molecule has 0 aliphatic rings. The van der Waals surface area contributed by atoms with E-state index in [0.717, 1.165) is 35.4 Å². The fourth-order valence-corrected chi connectivity index (χ4v) is 3.66. The average Bonchev–Trinajstić information content (AvgIpc) is 3.07.